The van der Waals surface area contributed by atoms with Crippen molar-refractivity contribution in [1.29, 1.82) is 0 Å². The molecule has 3 aromatic rings. The highest BCUT2D eigenvalue weighted by molar-refractivity contribution is 7.92. The number of carbonyl (C=O) groups excluding carboxylic acids is 1. The summed E-state index contributed by atoms with van der Waals surface area (Å²) in [6, 6.07) is 17.8. The summed E-state index contributed by atoms with van der Waals surface area (Å²) in [4.78, 5) is 12.3. The molecule has 1 amide bonds. The Bertz CT molecular complexity index is 1260. The summed E-state index contributed by atoms with van der Waals surface area (Å²) < 4.78 is 38.7. The first-order valence-corrected chi connectivity index (χ1v) is 11.3. The third-order valence-electron chi connectivity index (χ3n) is 4.37. The quantitative estimate of drug-likeness (QED) is 0.459. The van der Waals surface area contributed by atoms with E-state index < -0.39 is 15.9 Å². The van der Waals surface area contributed by atoms with Gasteiger partial charge in [0.25, 0.3) is 10.0 Å². The molecule has 0 radical (unpaired) electrons. The minimum Gasteiger partial charge on any atom is -0.495 e. The van der Waals surface area contributed by atoms with Gasteiger partial charge in [0.1, 0.15) is 11.5 Å². The zero-order valence-electron chi connectivity index (χ0n) is 17.3. The second-order valence-corrected chi connectivity index (χ2v) is 8.66. The number of anilines is 2. The van der Waals surface area contributed by atoms with Gasteiger partial charge in [0, 0.05) is 11.1 Å². The summed E-state index contributed by atoms with van der Waals surface area (Å²) in [5.41, 5.74) is 1.24. The van der Waals surface area contributed by atoms with Gasteiger partial charge in [-0.25, -0.2) is 8.42 Å². The van der Waals surface area contributed by atoms with E-state index in [0.717, 1.165) is 5.56 Å². The van der Waals surface area contributed by atoms with Crippen molar-refractivity contribution < 1.29 is 22.7 Å². The first-order chi connectivity index (χ1) is 15.3. The maximum absolute atomic E-state index is 12.9. The molecule has 9 heteroatoms. The fourth-order valence-electron chi connectivity index (χ4n) is 2.84. The van der Waals surface area contributed by atoms with Crippen molar-refractivity contribution in [3.63, 3.8) is 0 Å². The number of hydrogen-bond donors (Lipinski definition) is 2. The molecule has 0 unspecified atom stereocenters. The van der Waals surface area contributed by atoms with Gasteiger partial charge in [-0.1, -0.05) is 35.9 Å². The first kappa shape index (κ1) is 23.2. The SMILES string of the molecule is COc1ccc(S(=O)(=O)Nc2ccccc2OC)cc1NC(=O)/C=C/c1cccc(Cl)c1. The Morgan fingerprint density at radius 3 is 2.34 bits per heavy atom. The van der Waals surface area contributed by atoms with Gasteiger partial charge in [-0.05, 0) is 54.1 Å². The molecule has 0 atom stereocenters. The third-order valence-corrected chi connectivity index (χ3v) is 5.96. The molecular formula is C23H21ClN2O5S. The van der Waals surface area contributed by atoms with Crippen LogP contribution in [0.5, 0.6) is 11.5 Å². The summed E-state index contributed by atoms with van der Waals surface area (Å²) >= 11 is 5.95. The number of ether oxygens (including phenoxy) is 2. The van der Waals surface area contributed by atoms with Gasteiger partial charge in [-0.15, -0.1) is 0 Å². The maximum atomic E-state index is 12.9. The maximum Gasteiger partial charge on any atom is 0.262 e. The summed E-state index contributed by atoms with van der Waals surface area (Å²) in [7, 11) is -1.08. The average molecular weight is 473 g/mol. The summed E-state index contributed by atoms with van der Waals surface area (Å²) in [6.45, 7) is 0. The van der Waals surface area contributed by atoms with E-state index in [1.54, 1.807) is 54.6 Å². The fourth-order valence-corrected chi connectivity index (χ4v) is 4.14. The van der Waals surface area contributed by atoms with Gasteiger partial charge in [0.2, 0.25) is 5.91 Å². The van der Waals surface area contributed by atoms with E-state index in [1.165, 1.54) is 38.5 Å². The number of carbonyl (C=O) groups is 1. The van der Waals surface area contributed by atoms with Crippen molar-refractivity contribution in [3.05, 3.63) is 83.4 Å². The predicted octanol–water partition coefficient (Wildman–Crippen LogP) is 4.81. The Labute approximate surface area is 191 Å². The summed E-state index contributed by atoms with van der Waals surface area (Å²) in [6.07, 6.45) is 2.91. The second-order valence-electron chi connectivity index (χ2n) is 6.55. The number of rotatable bonds is 8. The normalized spacial score (nSPS) is 11.2. The number of nitrogens with one attached hydrogen (secondary N) is 2. The number of sulfonamides is 1. The zero-order valence-corrected chi connectivity index (χ0v) is 18.9. The van der Waals surface area contributed by atoms with E-state index in [1.807, 2.05) is 0 Å². The lowest BCUT2D eigenvalue weighted by atomic mass is 10.2. The number of methoxy groups -OCH3 is 2. The molecule has 0 aliphatic heterocycles. The van der Waals surface area contributed by atoms with Gasteiger partial charge in [0.15, 0.2) is 0 Å². The van der Waals surface area contributed by atoms with Crippen molar-refractivity contribution in [2.45, 2.75) is 4.90 Å². The van der Waals surface area contributed by atoms with Gasteiger partial charge >= 0.3 is 0 Å². The van der Waals surface area contributed by atoms with Crippen molar-refractivity contribution >= 4 is 45.0 Å². The van der Waals surface area contributed by atoms with Crippen molar-refractivity contribution in [1.82, 2.24) is 0 Å². The lowest BCUT2D eigenvalue weighted by molar-refractivity contribution is -0.111. The van der Waals surface area contributed by atoms with Crippen molar-refractivity contribution in [2.24, 2.45) is 0 Å². The molecule has 0 aromatic heterocycles. The van der Waals surface area contributed by atoms with Crippen LogP contribution >= 0.6 is 11.6 Å². The van der Waals surface area contributed by atoms with Gasteiger partial charge < -0.3 is 14.8 Å². The molecule has 0 spiro atoms. The fraction of sp³-hybridized carbons (Fsp3) is 0.0870. The minimum absolute atomic E-state index is 0.0571. The molecule has 7 nitrogen and oxygen atoms in total. The van der Waals surface area contributed by atoms with Crippen LogP contribution in [0.2, 0.25) is 5.02 Å². The van der Waals surface area contributed by atoms with Gasteiger partial charge in [0.05, 0.1) is 30.5 Å². The summed E-state index contributed by atoms with van der Waals surface area (Å²) in [5, 5.41) is 3.20. The van der Waals surface area contributed by atoms with Crippen LogP contribution in [0, 0.1) is 0 Å². The lowest BCUT2D eigenvalue weighted by Gasteiger charge is -2.14. The minimum atomic E-state index is -3.96. The van der Waals surface area contributed by atoms with E-state index in [2.05, 4.69) is 10.0 Å². The van der Waals surface area contributed by atoms with E-state index in [9.17, 15) is 13.2 Å². The number of para-hydroxylation sites is 2. The number of benzene rings is 3. The molecule has 0 fully saturated rings. The first-order valence-electron chi connectivity index (χ1n) is 9.41. The van der Waals surface area contributed by atoms with Crippen LogP contribution in [0.4, 0.5) is 11.4 Å². The smallest absolute Gasteiger partial charge is 0.262 e. The molecule has 0 bridgehead atoms. The van der Waals surface area contributed by atoms with Crippen LogP contribution in [-0.4, -0.2) is 28.5 Å². The van der Waals surface area contributed by atoms with Crippen molar-refractivity contribution in [2.75, 3.05) is 24.3 Å². The van der Waals surface area contributed by atoms with E-state index >= 15 is 0 Å². The Morgan fingerprint density at radius 2 is 1.62 bits per heavy atom. The van der Waals surface area contributed by atoms with Crippen LogP contribution in [0.25, 0.3) is 6.08 Å². The zero-order chi connectivity index (χ0) is 23.1. The Morgan fingerprint density at radius 1 is 0.906 bits per heavy atom. The molecule has 3 rings (SSSR count). The van der Waals surface area contributed by atoms with Crippen LogP contribution < -0.4 is 19.5 Å². The van der Waals surface area contributed by atoms with Crippen molar-refractivity contribution in [3.8, 4) is 11.5 Å². The number of amides is 1. The lowest BCUT2D eigenvalue weighted by Crippen LogP contribution is -2.15. The van der Waals surface area contributed by atoms with Gasteiger partial charge in [-0.3, -0.25) is 9.52 Å². The standard InChI is InChI=1S/C23H21ClN2O5S/c1-30-21-9-4-3-8-19(21)26-32(28,29)18-11-12-22(31-2)20(15-18)25-23(27)13-10-16-6-5-7-17(24)14-16/h3-15,26H,1-2H3,(H,25,27)/b13-10+. The van der Waals surface area contributed by atoms with E-state index in [4.69, 9.17) is 21.1 Å². The topological polar surface area (TPSA) is 93.7 Å². The Kier molecular flexibility index (Phi) is 7.40. The van der Waals surface area contributed by atoms with Crippen LogP contribution in [0.15, 0.2) is 77.7 Å². The van der Waals surface area contributed by atoms with Crippen LogP contribution in [-0.2, 0) is 14.8 Å². The molecule has 2 N–H and O–H groups in total. The largest absolute Gasteiger partial charge is 0.495 e. The van der Waals surface area contributed by atoms with Gasteiger partial charge in [-0.2, -0.15) is 0 Å². The Balaban J connectivity index is 1.84. The number of halogens is 1. The van der Waals surface area contributed by atoms with E-state index in [0.29, 0.717) is 22.2 Å². The monoisotopic (exact) mass is 472 g/mol. The molecular weight excluding hydrogens is 452 g/mol. The highest BCUT2D eigenvalue weighted by atomic mass is 35.5. The molecule has 0 aliphatic carbocycles. The van der Waals surface area contributed by atoms with Crippen LogP contribution in [0.3, 0.4) is 0 Å². The van der Waals surface area contributed by atoms with E-state index in [-0.39, 0.29) is 10.6 Å². The molecule has 0 saturated heterocycles. The molecule has 32 heavy (non-hydrogen) atoms. The molecule has 0 aliphatic rings. The predicted molar refractivity (Wildman–Crippen MR) is 126 cm³/mol. The van der Waals surface area contributed by atoms with Crippen LogP contribution in [0.1, 0.15) is 5.56 Å². The second kappa shape index (κ2) is 10.2. The molecule has 0 heterocycles. The molecule has 0 saturated carbocycles. The highest BCUT2D eigenvalue weighted by Crippen LogP contribution is 2.30. The number of hydrogen-bond acceptors (Lipinski definition) is 5. The molecule has 3 aromatic carbocycles. The third kappa shape index (κ3) is 5.81. The molecule has 166 valence electrons. The highest BCUT2D eigenvalue weighted by Gasteiger charge is 2.19. The average Bonchev–Trinajstić information content (AvgIpc) is 2.78. The summed E-state index contributed by atoms with van der Waals surface area (Å²) in [5.74, 6) is 0.227. The Hall–Kier alpha value is -3.49.